The zero-order chi connectivity index (χ0) is 13.8. The average molecular weight is 261 g/mol. The van der Waals surface area contributed by atoms with Crippen LogP contribution in [0.3, 0.4) is 0 Å². The van der Waals surface area contributed by atoms with Crippen LogP contribution in [-0.2, 0) is 6.54 Å². The lowest BCUT2D eigenvalue weighted by Crippen LogP contribution is -2.18. The van der Waals surface area contributed by atoms with Crippen molar-refractivity contribution < 1.29 is 14.6 Å². The van der Waals surface area contributed by atoms with E-state index in [1.165, 1.54) is 24.3 Å². The van der Waals surface area contributed by atoms with Crippen molar-refractivity contribution in [2.45, 2.75) is 19.5 Å². The van der Waals surface area contributed by atoms with E-state index in [4.69, 9.17) is 0 Å². The molecule has 0 saturated heterocycles. The van der Waals surface area contributed by atoms with Crippen LogP contribution in [0.4, 0.5) is 4.39 Å². The molecule has 3 nitrogen and oxygen atoms in total. The first-order valence-corrected chi connectivity index (χ1v) is 6.06. The van der Waals surface area contributed by atoms with Gasteiger partial charge in [-0.25, -0.2) is 4.39 Å². The molecule has 0 spiro atoms. The van der Waals surface area contributed by atoms with Gasteiger partial charge in [-0.2, -0.15) is 0 Å². The molecule has 3 N–H and O–H groups in total. The maximum atomic E-state index is 13.1. The largest absolute Gasteiger partial charge is 0.504 e. The fourth-order valence-electron chi connectivity index (χ4n) is 1.84. The summed E-state index contributed by atoms with van der Waals surface area (Å²) in [5, 5.41) is 21.8. The van der Waals surface area contributed by atoms with Crippen LogP contribution >= 0.6 is 0 Å². The molecular weight excluding hydrogens is 245 g/mol. The van der Waals surface area contributed by atoms with Gasteiger partial charge in [0.15, 0.2) is 11.5 Å². The lowest BCUT2D eigenvalue weighted by atomic mass is 10.1. The molecule has 2 aromatic rings. The minimum atomic E-state index is -0.256. The number of halogens is 1. The van der Waals surface area contributed by atoms with Gasteiger partial charge in [0, 0.05) is 12.6 Å². The molecule has 0 fully saturated rings. The van der Waals surface area contributed by atoms with Crippen LogP contribution in [0.2, 0.25) is 0 Å². The van der Waals surface area contributed by atoms with Gasteiger partial charge >= 0.3 is 0 Å². The molecule has 2 aromatic carbocycles. The van der Waals surface area contributed by atoms with E-state index in [0.717, 1.165) is 11.1 Å². The van der Waals surface area contributed by atoms with Gasteiger partial charge < -0.3 is 15.5 Å². The van der Waals surface area contributed by atoms with E-state index < -0.39 is 0 Å². The van der Waals surface area contributed by atoms with Crippen molar-refractivity contribution in [1.82, 2.24) is 5.32 Å². The molecule has 0 radical (unpaired) electrons. The third-order valence-corrected chi connectivity index (χ3v) is 3.00. The Morgan fingerprint density at radius 1 is 1.11 bits per heavy atom. The molecule has 2 rings (SSSR count). The second-order valence-corrected chi connectivity index (χ2v) is 4.48. The highest BCUT2D eigenvalue weighted by Gasteiger charge is 2.06. The van der Waals surface area contributed by atoms with Gasteiger partial charge in [0.2, 0.25) is 0 Å². The number of benzene rings is 2. The quantitative estimate of drug-likeness (QED) is 0.741. The average Bonchev–Trinajstić information content (AvgIpc) is 2.40. The van der Waals surface area contributed by atoms with E-state index in [1.54, 1.807) is 12.1 Å². The third-order valence-electron chi connectivity index (χ3n) is 3.00. The number of aromatic hydroxyl groups is 2. The van der Waals surface area contributed by atoms with Gasteiger partial charge in [0.05, 0.1) is 0 Å². The number of nitrogens with one attached hydrogen (secondary N) is 1. The monoisotopic (exact) mass is 261 g/mol. The second kappa shape index (κ2) is 5.71. The van der Waals surface area contributed by atoms with Crippen LogP contribution in [0.25, 0.3) is 0 Å². The van der Waals surface area contributed by atoms with Crippen LogP contribution in [0, 0.1) is 5.82 Å². The molecule has 1 atom stereocenters. The number of phenols is 2. The summed E-state index contributed by atoms with van der Waals surface area (Å²) in [4.78, 5) is 0. The summed E-state index contributed by atoms with van der Waals surface area (Å²) in [6, 6.07) is 11.1. The van der Waals surface area contributed by atoms with Gasteiger partial charge in [-0.3, -0.25) is 0 Å². The Bertz CT molecular complexity index is 572. The molecule has 19 heavy (non-hydrogen) atoms. The van der Waals surface area contributed by atoms with Gasteiger partial charge in [0.25, 0.3) is 0 Å². The fourth-order valence-corrected chi connectivity index (χ4v) is 1.84. The Labute approximate surface area is 111 Å². The first kappa shape index (κ1) is 13.4. The molecule has 0 amide bonds. The maximum absolute atomic E-state index is 13.1. The molecule has 0 aromatic heterocycles. The van der Waals surface area contributed by atoms with Crippen LogP contribution in [0.1, 0.15) is 24.1 Å². The van der Waals surface area contributed by atoms with Crippen molar-refractivity contribution in [2.24, 2.45) is 0 Å². The summed E-state index contributed by atoms with van der Waals surface area (Å²) in [5.41, 5.74) is 1.71. The van der Waals surface area contributed by atoms with Crippen molar-refractivity contribution in [1.29, 1.82) is 0 Å². The smallest absolute Gasteiger partial charge is 0.157 e. The topological polar surface area (TPSA) is 52.5 Å². The number of hydrogen-bond acceptors (Lipinski definition) is 3. The Balaban J connectivity index is 2.00. The lowest BCUT2D eigenvalue weighted by Gasteiger charge is -2.14. The lowest BCUT2D eigenvalue weighted by molar-refractivity contribution is 0.402. The summed E-state index contributed by atoms with van der Waals surface area (Å²) in [5.74, 6) is -0.534. The Hall–Kier alpha value is -2.07. The molecule has 4 heteroatoms. The van der Waals surface area contributed by atoms with E-state index in [-0.39, 0.29) is 23.4 Å². The van der Waals surface area contributed by atoms with Crippen LogP contribution in [-0.4, -0.2) is 10.2 Å². The molecule has 0 aliphatic rings. The van der Waals surface area contributed by atoms with Gasteiger partial charge in [-0.05, 0) is 42.3 Å². The predicted octanol–water partition coefficient (Wildman–Crippen LogP) is 3.09. The summed E-state index contributed by atoms with van der Waals surface area (Å²) < 4.78 is 13.1. The second-order valence-electron chi connectivity index (χ2n) is 4.48. The van der Waals surface area contributed by atoms with E-state index in [1.807, 2.05) is 13.0 Å². The van der Waals surface area contributed by atoms with Crippen LogP contribution < -0.4 is 5.32 Å². The zero-order valence-electron chi connectivity index (χ0n) is 10.6. The normalized spacial score (nSPS) is 12.3. The number of phenolic OH excluding ortho intramolecular Hbond substituents is 2. The van der Waals surface area contributed by atoms with E-state index in [0.29, 0.717) is 6.54 Å². The first-order chi connectivity index (χ1) is 9.06. The van der Waals surface area contributed by atoms with E-state index in [9.17, 15) is 14.6 Å². The van der Waals surface area contributed by atoms with E-state index in [2.05, 4.69) is 5.32 Å². The number of rotatable bonds is 4. The van der Waals surface area contributed by atoms with Crippen LogP contribution in [0.5, 0.6) is 11.5 Å². The summed E-state index contributed by atoms with van der Waals surface area (Å²) >= 11 is 0. The number of hydrogen-bond donors (Lipinski definition) is 3. The third kappa shape index (κ3) is 3.45. The highest BCUT2D eigenvalue weighted by atomic mass is 19.1. The SMILES string of the molecule is C[C@@H](NCc1ccc(O)c(O)c1)c1cccc(F)c1. The summed E-state index contributed by atoms with van der Waals surface area (Å²) in [6.07, 6.45) is 0. The van der Waals surface area contributed by atoms with Crippen molar-refractivity contribution in [3.8, 4) is 11.5 Å². The highest BCUT2D eigenvalue weighted by Crippen LogP contribution is 2.25. The predicted molar refractivity (Wildman–Crippen MR) is 71.4 cm³/mol. The van der Waals surface area contributed by atoms with Gasteiger partial charge in [-0.15, -0.1) is 0 Å². The maximum Gasteiger partial charge on any atom is 0.157 e. The van der Waals surface area contributed by atoms with Crippen molar-refractivity contribution in [2.75, 3.05) is 0 Å². The minimum absolute atomic E-state index is 0.00774. The van der Waals surface area contributed by atoms with Crippen molar-refractivity contribution >= 4 is 0 Å². The van der Waals surface area contributed by atoms with Crippen LogP contribution in [0.15, 0.2) is 42.5 Å². The molecule has 0 aliphatic carbocycles. The Kier molecular flexibility index (Phi) is 4.02. The van der Waals surface area contributed by atoms with Gasteiger partial charge in [0.1, 0.15) is 5.82 Å². The molecule has 0 bridgehead atoms. The molecule has 0 heterocycles. The molecule has 0 saturated carbocycles. The molecule has 0 unspecified atom stereocenters. The van der Waals surface area contributed by atoms with Crippen molar-refractivity contribution in [3.05, 3.63) is 59.4 Å². The molecule has 100 valence electrons. The summed E-state index contributed by atoms with van der Waals surface area (Å²) in [6.45, 7) is 2.46. The van der Waals surface area contributed by atoms with Gasteiger partial charge in [-0.1, -0.05) is 18.2 Å². The summed E-state index contributed by atoms with van der Waals surface area (Å²) in [7, 11) is 0. The van der Waals surface area contributed by atoms with Crippen molar-refractivity contribution in [3.63, 3.8) is 0 Å². The minimum Gasteiger partial charge on any atom is -0.504 e. The Morgan fingerprint density at radius 3 is 2.58 bits per heavy atom. The van der Waals surface area contributed by atoms with E-state index >= 15 is 0 Å². The zero-order valence-corrected chi connectivity index (χ0v) is 10.6. The fraction of sp³-hybridized carbons (Fsp3) is 0.200. The Morgan fingerprint density at radius 2 is 1.89 bits per heavy atom. The standard InChI is InChI=1S/C15H16FNO2/c1-10(12-3-2-4-13(16)8-12)17-9-11-5-6-14(18)15(19)7-11/h2-8,10,17-19H,9H2,1H3/t10-/m1/s1. The highest BCUT2D eigenvalue weighted by molar-refractivity contribution is 5.40. The first-order valence-electron chi connectivity index (χ1n) is 6.06. The molecular formula is C15H16FNO2. The molecule has 0 aliphatic heterocycles.